The lowest BCUT2D eigenvalue weighted by molar-refractivity contribution is 0.0739. The van der Waals surface area contributed by atoms with Crippen LogP contribution >= 0.6 is 0 Å². The van der Waals surface area contributed by atoms with E-state index in [9.17, 15) is 9.90 Å². The van der Waals surface area contributed by atoms with Crippen LogP contribution in [0, 0.1) is 0 Å². The fourth-order valence-corrected chi connectivity index (χ4v) is 1.54. The first-order valence-corrected chi connectivity index (χ1v) is 5.12. The van der Waals surface area contributed by atoms with Crippen molar-refractivity contribution >= 4 is 11.8 Å². The highest BCUT2D eigenvalue weighted by Gasteiger charge is 2.24. The smallest absolute Gasteiger partial charge is 0.414 e. The Bertz CT molecular complexity index is 395. The highest BCUT2D eigenvalue weighted by atomic mass is 16.6. The fraction of sp³-hybridized carbons (Fsp3) is 0.455. The van der Waals surface area contributed by atoms with Gasteiger partial charge >= 0.3 is 6.09 Å². The van der Waals surface area contributed by atoms with E-state index in [0.717, 1.165) is 0 Å². The molecule has 1 aliphatic heterocycles. The Morgan fingerprint density at radius 2 is 2.25 bits per heavy atom. The first kappa shape index (κ1) is 10.9. The number of carbonyl (C=O) groups is 1. The van der Waals surface area contributed by atoms with Crippen molar-refractivity contribution in [1.29, 1.82) is 0 Å². The molecule has 1 fully saturated rings. The van der Waals surface area contributed by atoms with Gasteiger partial charge in [0, 0.05) is 0 Å². The number of ether oxygens (including phenoxy) is 1. The number of aliphatic hydroxyl groups is 1. The van der Waals surface area contributed by atoms with Crippen LogP contribution in [0.25, 0.3) is 0 Å². The van der Waals surface area contributed by atoms with Gasteiger partial charge in [-0.25, -0.2) is 4.79 Å². The molecule has 0 spiro atoms. The Hall–Kier alpha value is -1.62. The van der Waals surface area contributed by atoms with Gasteiger partial charge in [0.05, 0.1) is 24.1 Å². The summed E-state index contributed by atoms with van der Waals surface area (Å²) in [4.78, 5) is 16.9. The van der Waals surface area contributed by atoms with E-state index in [1.165, 1.54) is 4.90 Å². The Morgan fingerprint density at radius 3 is 2.69 bits per heavy atom. The molecule has 5 heteroatoms. The highest BCUT2D eigenvalue weighted by molar-refractivity contribution is 5.89. The van der Waals surface area contributed by atoms with Crippen LogP contribution in [0.3, 0.4) is 0 Å². The monoisotopic (exact) mass is 222 g/mol. The molecule has 1 aromatic heterocycles. The molecule has 16 heavy (non-hydrogen) atoms. The van der Waals surface area contributed by atoms with E-state index in [4.69, 9.17) is 4.74 Å². The molecular weight excluding hydrogens is 208 g/mol. The molecular formula is C11H14N2O3. The van der Waals surface area contributed by atoms with E-state index < -0.39 is 5.60 Å². The lowest BCUT2D eigenvalue weighted by Crippen LogP contribution is -2.24. The number of hydrogen-bond donors (Lipinski definition) is 1. The fourth-order valence-electron chi connectivity index (χ4n) is 1.54. The molecule has 0 aromatic carbocycles. The molecule has 5 nitrogen and oxygen atoms in total. The first-order chi connectivity index (χ1) is 7.48. The van der Waals surface area contributed by atoms with Crippen LogP contribution in [0.1, 0.15) is 19.5 Å². The maximum atomic E-state index is 11.3. The Morgan fingerprint density at radius 1 is 1.50 bits per heavy atom. The van der Waals surface area contributed by atoms with Gasteiger partial charge < -0.3 is 9.84 Å². The number of carbonyl (C=O) groups excluding carboxylic acids is 1. The number of anilines is 1. The minimum Gasteiger partial charge on any atom is -0.447 e. The normalized spacial score (nSPS) is 16.4. The van der Waals surface area contributed by atoms with Crippen molar-refractivity contribution < 1.29 is 14.6 Å². The standard InChI is InChI=1S/C11H14N2O3/c1-11(2,15)9-4-3-8(7-12-9)13-5-6-16-10(13)14/h3-4,7,15H,5-6H2,1-2H3. The number of rotatable bonds is 2. The van der Waals surface area contributed by atoms with E-state index in [0.29, 0.717) is 24.5 Å². The Labute approximate surface area is 93.7 Å². The second-order valence-electron chi connectivity index (χ2n) is 4.23. The summed E-state index contributed by atoms with van der Waals surface area (Å²) in [5, 5.41) is 9.73. The number of cyclic esters (lactones) is 1. The minimum absolute atomic E-state index is 0.349. The molecule has 1 N–H and O–H groups in total. The minimum atomic E-state index is -0.968. The second kappa shape index (κ2) is 3.75. The third-order valence-corrected chi connectivity index (χ3v) is 2.45. The highest BCUT2D eigenvalue weighted by Crippen LogP contribution is 2.22. The average molecular weight is 222 g/mol. The zero-order valence-electron chi connectivity index (χ0n) is 9.30. The molecule has 0 unspecified atom stereocenters. The zero-order chi connectivity index (χ0) is 11.8. The first-order valence-electron chi connectivity index (χ1n) is 5.12. The molecule has 86 valence electrons. The number of nitrogens with zero attached hydrogens (tertiary/aromatic N) is 2. The summed E-state index contributed by atoms with van der Waals surface area (Å²) in [5.41, 5.74) is 0.295. The maximum absolute atomic E-state index is 11.3. The summed E-state index contributed by atoms with van der Waals surface area (Å²) in [7, 11) is 0. The zero-order valence-corrected chi connectivity index (χ0v) is 9.30. The second-order valence-corrected chi connectivity index (χ2v) is 4.23. The number of hydrogen-bond acceptors (Lipinski definition) is 4. The molecule has 2 rings (SSSR count). The van der Waals surface area contributed by atoms with Crippen molar-refractivity contribution in [2.45, 2.75) is 19.4 Å². The van der Waals surface area contributed by atoms with E-state index in [2.05, 4.69) is 4.98 Å². The van der Waals surface area contributed by atoms with E-state index in [1.54, 1.807) is 32.2 Å². The summed E-state index contributed by atoms with van der Waals surface area (Å²) in [6, 6.07) is 3.47. The van der Waals surface area contributed by atoms with Gasteiger partial charge in [0.1, 0.15) is 12.2 Å². The predicted octanol–water partition coefficient (Wildman–Crippen LogP) is 1.27. The summed E-state index contributed by atoms with van der Waals surface area (Å²) in [5.74, 6) is 0. The van der Waals surface area contributed by atoms with Crippen molar-refractivity contribution in [3.63, 3.8) is 0 Å². The van der Waals surface area contributed by atoms with Crippen molar-refractivity contribution in [2.75, 3.05) is 18.1 Å². The largest absolute Gasteiger partial charge is 0.447 e. The predicted molar refractivity (Wildman–Crippen MR) is 58.2 cm³/mol. The van der Waals surface area contributed by atoms with Crippen LogP contribution in [-0.4, -0.2) is 29.3 Å². The van der Waals surface area contributed by atoms with Gasteiger partial charge in [0.15, 0.2) is 0 Å². The van der Waals surface area contributed by atoms with Crippen LogP contribution in [-0.2, 0) is 10.3 Å². The summed E-state index contributed by atoms with van der Waals surface area (Å²) < 4.78 is 4.83. The van der Waals surface area contributed by atoms with E-state index in [1.807, 2.05) is 0 Å². The van der Waals surface area contributed by atoms with Crippen molar-refractivity contribution in [3.8, 4) is 0 Å². The number of pyridine rings is 1. The van der Waals surface area contributed by atoms with Gasteiger partial charge in [0.25, 0.3) is 0 Å². The van der Waals surface area contributed by atoms with Crippen molar-refractivity contribution in [2.24, 2.45) is 0 Å². The van der Waals surface area contributed by atoms with Crippen molar-refractivity contribution in [1.82, 2.24) is 4.98 Å². The maximum Gasteiger partial charge on any atom is 0.414 e. The van der Waals surface area contributed by atoms with Crippen LogP contribution in [0.15, 0.2) is 18.3 Å². The van der Waals surface area contributed by atoms with Crippen LogP contribution < -0.4 is 4.90 Å². The van der Waals surface area contributed by atoms with E-state index in [-0.39, 0.29) is 6.09 Å². The van der Waals surface area contributed by atoms with Gasteiger partial charge in [-0.3, -0.25) is 9.88 Å². The summed E-state index contributed by atoms with van der Waals surface area (Å²) in [6.07, 6.45) is 1.22. The van der Waals surface area contributed by atoms with Gasteiger partial charge in [-0.15, -0.1) is 0 Å². The molecule has 0 saturated carbocycles. The Balaban J connectivity index is 2.22. The SMILES string of the molecule is CC(C)(O)c1ccc(N2CCOC2=O)cn1. The summed E-state index contributed by atoms with van der Waals surface area (Å²) in [6.45, 7) is 4.28. The molecule has 1 aliphatic rings. The van der Waals surface area contributed by atoms with Crippen LogP contribution in [0.5, 0.6) is 0 Å². The lowest BCUT2D eigenvalue weighted by atomic mass is 10.1. The van der Waals surface area contributed by atoms with Gasteiger partial charge in [-0.1, -0.05) is 0 Å². The van der Waals surface area contributed by atoms with Gasteiger partial charge in [-0.2, -0.15) is 0 Å². The van der Waals surface area contributed by atoms with Crippen LogP contribution in [0.2, 0.25) is 0 Å². The third-order valence-electron chi connectivity index (χ3n) is 2.45. The molecule has 0 bridgehead atoms. The van der Waals surface area contributed by atoms with Crippen molar-refractivity contribution in [3.05, 3.63) is 24.0 Å². The van der Waals surface area contributed by atoms with Gasteiger partial charge in [0.2, 0.25) is 0 Å². The van der Waals surface area contributed by atoms with Gasteiger partial charge in [-0.05, 0) is 26.0 Å². The quantitative estimate of drug-likeness (QED) is 0.818. The summed E-state index contributed by atoms with van der Waals surface area (Å²) >= 11 is 0. The topological polar surface area (TPSA) is 62.7 Å². The molecule has 1 amide bonds. The Kier molecular flexibility index (Phi) is 2.55. The molecule has 0 aliphatic carbocycles. The lowest BCUT2D eigenvalue weighted by Gasteiger charge is -2.18. The molecule has 1 saturated heterocycles. The average Bonchev–Trinajstić information content (AvgIpc) is 2.63. The molecule has 1 aromatic rings. The molecule has 0 atom stereocenters. The molecule has 2 heterocycles. The number of amides is 1. The van der Waals surface area contributed by atoms with E-state index >= 15 is 0 Å². The molecule has 0 radical (unpaired) electrons. The third kappa shape index (κ3) is 1.99. The van der Waals surface area contributed by atoms with Crippen LogP contribution in [0.4, 0.5) is 10.5 Å². The number of aromatic nitrogens is 1.